The Morgan fingerprint density at radius 2 is 1.82 bits per heavy atom. The number of anilines is 1. The van der Waals surface area contributed by atoms with Crippen LogP contribution in [-0.2, 0) is 17.9 Å². The smallest absolute Gasteiger partial charge is 0.251 e. The predicted octanol–water partition coefficient (Wildman–Crippen LogP) is 3.72. The molecule has 2 amide bonds. The molecule has 8 nitrogen and oxygen atoms in total. The second-order valence-electron chi connectivity index (χ2n) is 7.68. The fourth-order valence-corrected chi connectivity index (χ4v) is 3.69. The summed E-state index contributed by atoms with van der Waals surface area (Å²) < 4.78 is 12.6. The number of imidazole rings is 1. The topological polar surface area (TPSA) is 94.5 Å². The molecular weight excluding hydrogens is 420 g/mol. The van der Waals surface area contributed by atoms with Crippen LogP contribution in [0.1, 0.15) is 22.3 Å². The molecule has 0 radical (unpaired) electrons. The molecule has 0 bridgehead atoms. The summed E-state index contributed by atoms with van der Waals surface area (Å²) in [6.07, 6.45) is 2.01. The maximum absolute atomic E-state index is 12.6. The summed E-state index contributed by atoms with van der Waals surface area (Å²) in [5.74, 6) is 1.14. The zero-order chi connectivity index (χ0) is 22.6. The molecule has 0 unspecified atom stereocenters. The van der Waals surface area contributed by atoms with Crippen molar-refractivity contribution in [1.29, 1.82) is 0 Å². The molecule has 166 valence electrons. The van der Waals surface area contributed by atoms with Crippen molar-refractivity contribution < 1.29 is 19.1 Å². The molecule has 8 heteroatoms. The van der Waals surface area contributed by atoms with E-state index in [4.69, 9.17) is 9.47 Å². The summed E-state index contributed by atoms with van der Waals surface area (Å²) in [7, 11) is 0. The van der Waals surface area contributed by atoms with Gasteiger partial charge in [0.05, 0.1) is 17.4 Å². The third-order valence-corrected chi connectivity index (χ3v) is 5.41. The van der Waals surface area contributed by atoms with Gasteiger partial charge < -0.3 is 24.7 Å². The Labute approximate surface area is 190 Å². The van der Waals surface area contributed by atoms with Gasteiger partial charge in [-0.2, -0.15) is 0 Å². The molecule has 0 fully saturated rings. The Morgan fingerprint density at radius 1 is 0.970 bits per heavy atom. The first-order valence-electron chi connectivity index (χ1n) is 10.6. The van der Waals surface area contributed by atoms with Crippen molar-refractivity contribution in [3.8, 4) is 11.5 Å². The Balaban J connectivity index is 1.19. The molecule has 1 aliphatic heterocycles. The number of fused-ring (bicyclic) bond motifs is 2. The predicted molar refractivity (Wildman–Crippen MR) is 123 cm³/mol. The number of aromatic nitrogens is 2. The lowest BCUT2D eigenvalue weighted by Gasteiger charge is -2.08. The largest absolute Gasteiger partial charge is 0.454 e. The monoisotopic (exact) mass is 442 g/mol. The van der Waals surface area contributed by atoms with Gasteiger partial charge in [0.2, 0.25) is 12.7 Å². The number of benzene rings is 3. The fraction of sp³-hybridized carbons (Fsp3) is 0.160. The highest BCUT2D eigenvalue weighted by atomic mass is 16.7. The van der Waals surface area contributed by atoms with E-state index in [1.165, 1.54) is 0 Å². The van der Waals surface area contributed by atoms with E-state index in [9.17, 15) is 9.59 Å². The van der Waals surface area contributed by atoms with Gasteiger partial charge in [0.15, 0.2) is 11.5 Å². The van der Waals surface area contributed by atoms with Gasteiger partial charge >= 0.3 is 0 Å². The van der Waals surface area contributed by atoms with E-state index in [2.05, 4.69) is 15.6 Å². The summed E-state index contributed by atoms with van der Waals surface area (Å²) in [6, 6.07) is 20.3. The molecular formula is C25H22N4O4. The van der Waals surface area contributed by atoms with Crippen LogP contribution in [0.15, 0.2) is 73.1 Å². The van der Waals surface area contributed by atoms with Crippen LogP contribution in [0.2, 0.25) is 0 Å². The van der Waals surface area contributed by atoms with Crippen LogP contribution < -0.4 is 20.1 Å². The number of carbonyl (C=O) groups is 2. The van der Waals surface area contributed by atoms with Crippen LogP contribution in [0, 0.1) is 0 Å². The first kappa shape index (κ1) is 20.6. The molecule has 1 aliphatic rings. The van der Waals surface area contributed by atoms with Crippen molar-refractivity contribution in [2.75, 3.05) is 12.1 Å². The lowest BCUT2D eigenvalue weighted by atomic mass is 10.1. The molecule has 0 saturated heterocycles. The Hall–Kier alpha value is -4.33. The van der Waals surface area contributed by atoms with Crippen LogP contribution in [-0.4, -0.2) is 28.2 Å². The van der Waals surface area contributed by atoms with E-state index in [1.54, 1.807) is 18.5 Å². The minimum absolute atomic E-state index is 0.0671. The van der Waals surface area contributed by atoms with E-state index < -0.39 is 0 Å². The Bertz CT molecular complexity index is 1320. The quantitative estimate of drug-likeness (QED) is 0.455. The summed E-state index contributed by atoms with van der Waals surface area (Å²) in [5, 5.41) is 5.80. The lowest BCUT2D eigenvalue weighted by Crippen LogP contribution is -2.22. The van der Waals surface area contributed by atoms with Crippen LogP contribution in [0.5, 0.6) is 11.5 Å². The van der Waals surface area contributed by atoms with Crippen molar-refractivity contribution >= 4 is 28.5 Å². The normalized spacial score (nSPS) is 12.0. The number of carbonyl (C=O) groups excluding carboxylic acids is 2. The highest BCUT2D eigenvalue weighted by Crippen LogP contribution is 2.32. The molecule has 0 aliphatic carbocycles. The molecule has 5 rings (SSSR count). The second-order valence-corrected chi connectivity index (χ2v) is 7.68. The number of ether oxygens (including phenoxy) is 2. The van der Waals surface area contributed by atoms with E-state index in [0.717, 1.165) is 16.8 Å². The van der Waals surface area contributed by atoms with Gasteiger partial charge in [-0.3, -0.25) is 9.59 Å². The van der Waals surface area contributed by atoms with Gasteiger partial charge in [-0.25, -0.2) is 4.98 Å². The van der Waals surface area contributed by atoms with E-state index >= 15 is 0 Å². The van der Waals surface area contributed by atoms with E-state index in [-0.39, 0.29) is 18.6 Å². The highest BCUT2D eigenvalue weighted by molar-refractivity contribution is 5.97. The molecule has 0 saturated carbocycles. The molecule has 4 aromatic rings. The molecule has 0 atom stereocenters. The van der Waals surface area contributed by atoms with Gasteiger partial charge in [0, 0.05) is 30.8 Å². The van der Waals surface area contributed by atoms with Crippen LogP contribution in [0.3, 0.4) is 0 Å². The Kier molecular flexibility index (Phi) is 5.63. The molecule has 2 heterocycles. The first-order chi connectivity index (χ1) is 16.2. The van der Waals surface area contributed by atoms with Crippen LogP contribution in [0.25, 0.3) is 11.0 Å². The average Bonchev–Trinajstić information content (AvgIpc) is 3.48. The average molecular weight is 442 g/mol. The number of nitrogens with one attached hydrogen (secondary N) is 2. The minimum atomic E-state index is -0.189. The third-order valence-electron chi connectivity index (χ3n) is 5.41. The van der Waals surface area contributed by atoms with Crippen molar-refractivity contribution in [2.24, 2.45) is 0 Å². The molecule has 0 spiro atoms. The maximum Gasteiger partial charge on any atom is 0.251 e. The number of rotatable bonds is 7. The van der Waals surface area contributed by atoms with Crippen molar-refractivity contribution in [2.45, 2.75) is 19.5 Å². The van der Waals surface area contributed by atoms with Crippen molar-refractivity contribution in [3.63, 3.8) is 0 Å². The van der Waals surface area contributed by atoms with Crippen molar-refractivity contribution in [1.82, 2.24) is 14.9 Å². The van der Waals surface area contributed by atoms with Gasteiger partial charge in [0.1, 0.15) is 0 Å². The minimum Gasteiger partial charge on any atom is -0.454 e. The number of para-hydroxylation sites is 1. The van der Waals surface area contributed by atoms with Crippen molar-refractivity contribution in [3.05, 3.63) is 84.2 Å². The number of hydrogen-bond donors (Lipinski definition) is 2. The summed E-state index contributed by atoms with van der Waals surface area (Å²) in [6.45, 7) is 1.08. The zero-order valence-electron chi connectivity index (χ0n) is 17.8. The van der Waals surface area contributed by atoms with Gasteiger partial charge in [-0.1, -0.05) is 24.3 Å². The lowest BCUT2D eigenvalue weighted by molar-refractivity contribution is -0.116. The number of aryl methyl sites for hydroxylation is 1. The molecule has 3 aromatic carbocycles. The standard InChI is InChI=1S/C25H22N4O4/c30-24(28-19-4-2-1-3-5-19)10-11-29-15-27-20-13-18(7-8-21(20)29)25(31)26-14-17-6-9-22-23(12-17)33-16-32-22/h1-9,12-13,15H,10-11,14,16H2,(H,26,31)(H,28,30). The first-order valence-corrected chi connectivity index (χ1v) is 10.6. The number of hydrogen-bond acceptors (Lipinski definition) is 5. The van der Waals surface area contributed by atoms with Crippen LogP contribution >= 0.6 is 0 Å². The number of amides is 2. The second kappa shape index (κ2) is 9.04. The Morgan fingerprint density at radius 3 is 2.70 bits per heavy atom. The maximum atomic E-state index is 12.6. The van der Waals surface area contributed by atoms with Crippen LogP contribution in [0.4, 0.5) is 5.69 Å². The molecule has 2 N–H and O–H groups in total. The van der Waals surface area contributed by atoms with E-state index in [0.29, 0.717) is 42.1 Å². The highest BCUT2D eigenvalue weighted by Gasteiger charge is 2.14. The zero-order valence-corrected chi connectivity index (χ0v) is 17.8. The summed E-state index contributed by atoms with van der Waals surface area (Å²) >= 11 is 0. The number of nitrogens with zero attached hydrogens (tertiary/aromatic N) is 2. The fourth-order valence-electron chi connectivity index (χ4n) is 3.69. The summed E-state index contributed by atoms with van der Waals surface area (Å²) in [5.41, 5.74) is 3.79. The molecule has 33 heavy (non-hydrogen) atoms. The van der Waals surface area contributed by atoms with Gasteiger partial charge in [-0.05, 0) is 48.0 Å². The van der Waals surface area contributed by atoms with Gasteiger partial charge in [-0.15, -0.1) is 0 Å². The summed E-state index contributed by atoms with van der Waals surface area (Å²) in [4.78, 5) is 29.3. The third kappa shape index (κ3) is 4.64. The SMILES string of the molecule is O=C(CCn1cnc2cc(C(=O)NCc3ccc4c(c3)OCO4)ccc21)Nc1ccccc1. The van der Waals surface area contributed by atoms with E-state index in [1.807, 2.05) is 59.2 Å². The van der Waals surface area contributed by atoms with Gasteiger partial charge in [0.25, 0.3) is 5.91 Å². The molecule has 1 aromatic heterocycles.